The summed E-state index contributed by atoms with van der Waals surface area (Å²) < 4.78 is 0. The number of aromatic amines is 1. The summed E-state index contributed by atoms with van der Waals surface area (Å²) in [5.74, 6) is 1.63. The van der Waals surface area contributed by atoms with E-state index in [-0.39, 0.29) is 5.56 Å². The Balaban J connectivity index is 2.21. The lowest BCUT2D eigenvalue weighted by Gasteiger charge is -2.36. The Morgan fingerprint density at radius 1 is 1.53 bits per heavy atom. The zero-order valence-electron chi connectivity index (χ0n) is 11.9. The van der Waals surface area contributed by atoms with Crippen molar-refractivity contribution < 1.29 is 0 Å². The maximum Gasteiger partial charge on any atom is 0.252 e. The van der Waals surface area contributed by atoms with E-state index in [2.05, 4.69) is 20.2 Å². The van der Waals surface area contributed by atoms with Gasteiger partial charge in [-0.15, -0.1) is 0 Å². The standard InChI is InChI=1S/C14H24N4O/c1-3-12-16-13(10-14(19)17-12)18-9-5-4-6-11(18)7-8-15-2/h10-11,15H,3-9H2,1-2H3,(H,16,17,19). The summed E-state index contributed by atoms with van der Waals surface area (Å²) >= 11 is 0. The average molecular weight is 264 g/mol. The van der Waals surface area contributed by atoms with E-state index < -0.39 is 0 Å². The van der Waals surface area contributed by atoms with Crippen LogP contribution in [-0.2, 0) is 6.42 Å². The fourth-order valence-corrected chi connectivity index (χ4v) is 2.72. The van der Waals surface area contributed by atoms with Crippen LogP contribution in [0.1, 0.15) is 38.4 Å². The molecule has 1 unspecified atom stereocenters. The number of aromatic nitrogens is 2. The van der Waals surface area contributed by atoms with E-state index >= 15 is 0 Å². The second kappa shape index (κ2) is 6.70. The van der Waals surface area contributed by atoms with Crippen LogP contribution in [0.5, 0.6) is 0 Å². The van der Waals surface area contributed by atoms with Gasteiger partial charge in [-0.05, 0) is 39.3 Å². The Morgan fingerprint density at radius 2 is 2.37 bits per heavy atom. The largest absolute Gasteiger partial charge is 0.353 e. The van der Waals surface area contributed by atoms with Gasteiger partial charge in [-0.25, -0.2) is 4.98 Å². The summed E-state index contributed by atoms with van der Waals surface area (Å²) in [6, 6.07) is 2.14. The van der Waals surface area contributed by atoms with Crippen LogP contribution in [0.2, 0.25) is 0 Å². The molecule has 1 aromatic heterocycles. The fourth-order valence-electron chi connectivity index (χ4n) is 2.72. The van der Waals surface area contributed by atoms with Gasteiger partial charge in [-0.2, -0.15) is 0 Å². The van der Waals surface area contributed by atoms with E-state index in [1.54, 1.807) is 6.07 Å². The summed E-state index contributed by atoms with van der Waals surface area (Å²) in [5, 5.41) is 3.21. The van der Waals surface area contributed by atoms with Crippen molar-refractivity contribution in [1.82, 2.24) is 15.3 Å². The van der Waals surface area contributed by atoms with Crippen molar-refractivity contribution in [2.75, 3.05) is 25.0 Å². The fraction of sp³-hybridized carbons (Fsp3) is 0.714. The molecule has 1 saturated heterocycles. The Kier molecular flexibility index (Phi) is 4.96. The summed E-state index contributed by atoms with van der Waals surface area (Å²) in [6.45, 7) is 4.02. The van der Waals surface area contributed by atoms with Crippen molar-refractivity contribution in [3.63, 3.8) is 0 Å². The number of rotatable bonds is 5. The Bertz CT molecular complexity index is 457. The van der Waals surface area contributed by atoms with Gasteiger partial charge in [0.1, 0.15) is 11.6 Å². The summed E-state index contributed by atoms with van der Waals surface area (Å²) in [4.78, 5) is 21.4. The van der Waals surface area contributed by atoms with Crippen molar-refractivity contribution in [2.24, 2.45) is 0 Å². The van der Waals surface area contributed by atoms with E-state index in [1.807, 2.05) is 14.0 Å². The lowest BCUT2D eigenvalue weighted by atomic mass is 9.99. The number of H-pyrrole nitrogens is 1. The van der Waals surface area contributed by atoms with Crippen molar-refractivity contribution in [3.8, 4) is 0 Å². The second-order valence-corrected chi connectivity index (χ2v) is 5.14. The number of nitrogens with one attached hydrogen (secondary N) is 2. The molecule has 0 spiro atoms. The highest BCUT2D eigenvalue weighted by atomic mass is 16.1. The predicted octanol–water partition coefficient (Wildman–Crippen LogP) is 1.30. The zero-order chi connectivity index (χ0) is 13.7. The predicted molar refractivity (Wildman–Crippen MR) is 77.8 cm³/mol. The van der Waals surface area contributed by atoms with Crippen LogP contribution in [0.4, 0.5) is 5.82 Å². The first kappa shape index (κ1) is 14.1. The third-order valence-electron chi connectivity index (χ3n) is 3.76. The van der Waals surface area contributed by atoms with Gasteiger partial charge < -0.3 is 15.2 Å². The molecule has 0 amide bonds. The number of anilines is 1. The van der Waals surface area contributed by atoms with Gasteiger partial charge in [0.2, 0.25) is 0 Å². The number of hydrogen-bond donors (Lipinski definition) is 2. The van der Waals surface area contributed by atoms with E-state index in [0.29, 0.717) is 6.04 Å². The summed E-state index contributed by atoms with van der Waals surface area (Å²) in [7, 11) is 1.98. The summed E-state index contributed by atoms with van der Waals surface area (Å²) in [6.07, 6.45) is 5.52. The van der Waals surface area contributed by atoms with Crippen LogP contribution in [0.3, 0.4) is 0 Å². The third kappa shape index (κ3) is 3.56. The molecule has 1 fully saturated rings. The third-order valence-corrected chi connectivity index (χ3v) is 3.76. The van der Waals surface area contributed by atoms with Crippen LogP contribution < -0.4 is 15.8 Å². The van der Waals surface area contributed by atoms with Crippen LogP contribution in [0.25, 0.3) is 0 Å². The van der Waals surface area contributed by atoms with Gasteiger partial charge in [0.25, 0.3) is 5.56 Å². The molecule has 1 aliphatic heterocycles. The topological polar surface area (TPSA) is 61.0 Å². The maximum absolute atomic E-state index is 11.7. The van der Waals surface area contributed by atoms with Crippen LogP contribution >= 0.6 is 0 Å². The number of nitrogens with zero attached hydrogens (tertiary/aromatic N) is 2. The van der Waals surface area contributed by atoms with Gasteiger partial charge in [-0.1, -0.05) is 6.92 Å². The first-order valence-electron chi connectivity index (χ1n) is 7.26. The molecule has 0 aliphatic carbocycles. The molecule has 0 saturated carbocycles. The molecular weight excluding hydrogens is 240 g/mol. The normalized spacial score (nSPS) is 19.7. The minimum atomic E-state index is -0.0419. The van der Waals surface area contributed by atoms with Crippen molar-refractivity contribution in [1.29, 1.82) is 0 Å². The first-order valence-corrected chi connectivity index (χ1v) is 7.26. The number of aryl methyl sites for hydroxylation is 1. The minimum Gasteiger partial charge on any atom is -0.353 e. The quantitative estimate of drug-likeness (QED) is 0.841. The molecule has 1 atom stereocenters. The number of piperidine rings is 1. The molecule has 106 valence electrons. The molecule has 5 nitrogen and oxygen atoms in total. The van der Waals surface area contributed by atoms with Crippen molar-refractivity contribution >= 4 is 5.82 Å². The molecule has 2 N–H and O–H groups in total. The van der Waals surface area contributed by atoms with E-state index in [0.717, 1.165) is 37.6 Å². The van der Waals surface area contributed by atoms with Gasteiger partial charge in [-0.3, -0.25) is 4.79 Å². The maximum atomic E-state index is 11.7. The van der Waals surface area contributed by atoms with Gasteiger partial charge >= 0.3 is 0 Å². The van der Waals surface area contributed by atoms with Crippen molar-refractivity contribution in [2.45, 2.75) is 45.1 Å². The van der Waals surface area contributed by atoms with E-state index in [1.165, 1.54) is 19.3 Å². The number of hydrogen-bond acceptors (Lipinski definition) is 4. The van der Waals surface area contributed by atoms with Crippen LogP contribution in [0.15, 0.2) is 10.9 Å². The molecule has 0 aromatic carbocycles. The van der Waals surface area contributed by atoms with Crippen molar-refractivity contribution in [3.05, 3.63) is 22.2 Å². The highest BCUT2D eigenvalue weighted by molar-refractivity contribution is 5.39. The summed E-state index contributed by atoms with van der Waals surface area (Å²) in [5.41, 5.74) is -0.0419. The highest BCUT2D eigenvalue weighted by Crippen LogP contribution is 2.24. The van der Waals surface area contributed by atoms with Gasteiger partial charge in [0.05, 0.1) is 0 Å². The monoisotopic (exact) mass is 264 g/mol. The molecule has 19 heavy (non-hydrogen) atoms. The Hall–Kier alpha value is -1.36. The molecule has 2 rings (SSSR count). The molecular formula is C14H24N4O. The lowest BCUT2D eigenvalue weighted by Crippen LogP contribution is -2.42. The molecule has 5 heteroatoms. The minimum absolute atomic E-state index is 0.0419. The molecule has 0 radical (unpaired) electrons. The SMILES string of the molecule is CCc1nc(N2CCCCC2CCNC)cc(=O)[nH]1. The Labute approximate surface area is 114 Å². The Morgan fingerprint density at radius 3 is 3.11 bits per heavy atom. The van der Waals surface area contributed by atoms with Gasteiger partial charge in [0.15, 0.2) is 0 Å². The smallest absolute Gasteiger partial charge is 0.252 e. The first-order chi connectivity index (χ1) is 9.24. The van der Waals surface area contributed by atoms with Crippen LogP contribution in [0, 0.1) is 0 Å². The molecule has 2 heterocycles. The van der Waals surface area contributed by atoms with E-state index in [9.17, 15) is 4.79 Å². The van der Waals surface area contributed by atoms with E-state index in [4.69, 9.17) is 0 Å². The lowest BCUT2D eigenvalue weighted by molar-refractivity contribution is 0.430. The second-order valence-electron chi connectivity index (χ2n) is 5.14. The van der Waals surface area contributed by atoms with Crippen LogP contribution in [-0.4, -0.2) is 36.1 Å². The molecule has 0 bridgehead atoms. The highest BCUT2D eigenvalue weighted by Gasteiger charge is 2.23. The van der Waals surface area contributed by atoms with Gasteiger partial charge in [0, 0.05) is 25.1 Å². The average Bonchev–Trinajstić information content (AvgIpc) is 2.44. The zero-order valence-corrected chi connectivity index (χ0v) is 11.9. The molecule has 1 aliphatic rings. The molecule has 1 aromatic rings.